The molecule has 0 bridgehead atoms. The number of halogens is 1. The molecular weight excluding hydrogens is 358 g/mol. The van der Waals surface area contributed by atoms with Gasteiger partial charge in [0.05, 0.1) is 7.11 Å². The molecule has 3 heterocycles. The highest BCUT2D eigenvalue weighted by Crippen LogP contribution is 2.34. The summed E-state index contributed by atoms with van der Waals surface area (Å²) in [5, 5.41) is 4.91. The SMILES string of the molecule is COc1ccc2c(C3CCN(CCCC4CCCNC4)CC3)c[nH]c2c1.Cl. The van der Waals surface area contributed by atoms with Crippen molar-refractivity contribution < 1.29 is 4.74 Å². The number of rotatable bonds is 6. The minimum absolute atomic E-state index is 0. The van der Waals surface area contributed by atoms with Crippen LogP contribution in [-0.2, 0) is 0 Å². The molecule has 2 aliphatic rings. The van der Waals surface area contributed by atoms with Gasteiger partial charge in [-0.1, -0.05) is 0 Å². The Hall–Kier alpha value is -1.23. The van der Waals surface area contributed by atoms with Crippen molar-refractivity contribution in [3.05, 3.63) is 30.0 Å². The number of hydrogen-bond donors (Lipinski definition) is 2. The average molecular weight is 392 g/mol. The van der Waals surface area contributed by atoms with Gasteiger partial charge in [0, 0.05) is 23.2 Å². The van der Waals surface area contributed by atoms with Crippen molar-refractivity contribution in [3.63, 3.8) is 0 Å². The van der Waals surface area contributed by atoms with Gasteiger partial charge in [-0.3, -0.25) is 0 Å². The lowest BCUT2D eigenvalue weighted by Crippen LogP contribution is -2.34. The van der Waals surface area contributed by atoms with Crippen molar-refractivity contribution in [2.75, 3.05) is 39.8 Å². The van der Waals surface area contributed by atoms with E-state index < -0.39 is 0 Å². The molecule has 0 amide bonds. The maximum Gasteiger partial charge on any atom is 0.120 e. The fourth-order valence-electron chi connectivity index (χ4n) is 4.83. The molecular formula is C22H34ClN3O. The fraction of sp³-hybridized carbons (Fsp3) is 0.636. The zero-order valence-electron chi connectivity index (χ0n) is 16.5. The van der Waals surface area contributed by atoms with E-state index >= 15 is 0 Å². The first-order chi connectivity index (χ1) is 12.8. The molecule has 0 spiro atoms. The molecule has 1 aromatic heterocycles. The van der Waals surface area contributed by atoms with Crippen LogP contribution in [0.3, 0.4) is 0 Å². The number of benzene rings is 1. The second-order valence-electron chi connectivity index (χ2n) is 8.13. The van der Waals surface area contributed by atoms with Gasteiger partial charge in [0.2, 0.25) is 0 Å². The summed E-state index contributed by atoms with van der Waals surface area (Å²) in [6.45, 7) is 6.25. The van der Waals surface area contributed by atoms with Gasteiger partial charge in [0.1, 0.15) is 5.75 Å². The zero-order valence-corrected chi connectivity index (χ0v) is 17.3. The Bertz CT molecular complexity index is 703. The molecule has 1 atom stereocenters. The number of ether oxygens (including phenoxy) is 1. The van der Waals surface area contributed by atoms with E-state index in [1.807, 2.05) is 0 Å². The number of fused-ring (bicyclic) bond motifs is 1. The molecule has 0 radical (unpaired) electrons. The van der Waals surface area contributed by atoms with Gasteiger partial charge < -0.3 is 19.9 Å². The van der Waals surface area contributed by atoms with Crippen molar-refractivity contribution in [1.29, 1.82) is 0 Å². The Balaban J connectivity index is 0.00000210. The number of nitrogens with zero attached hydrogens (tertiary/aromatic N) is 1. The Kier molecular flexibility index (Phi) is 7.45. The molecule has 0 aliphatic carbocycles. The zero-order chi connectivity index (χ0) is 17.8. The molecule has 27 heavy (non-hydrogen) atoms. The molecule has 2 fully saturated rings. The first kappa shape index (κ1) is 20.5. The Labute approximate surface area is 169 Å². The van der Waals surface area contributed by atoms with Gasteiger partial charge in [-0.05, 0) is 101 Å². The molecule has 2 aliphatic heterocycles. The smallest absolute Gasteiger partial charge is 0.120 e. The van der Waals surface area contributed by atoms with Crippen LogP contribution in [0.5, 0.6) is 5.75 Å². The predicted molar refractivity (Wildman–Crippen MR) is 115 cm³/mol. The third kappa shape index (κ3) is 4.98. The van der Waals surface area contributed by atoms with Crippen LogP contribution in [0.2, 0.25) is 0 Å². The number of aromatic amines is 1. The number of piperidine rings is 2. The van der Waals surface area contributed by atoms with E-state index in [1.165, 1.54) is 87.7 Å². The highest BCUT2D eigenvalue weighted by molar-refractivity contribution is 5.85. The molecule has 150 valence electrons. The Morgan fingerprint density at radius 3 is 2.78 bits per heavy atom. The molecule has 2 saturated heterocycles. The van der Waals surface area contributed by atoms with Gasteiger partial charge >= 0.3 is 0 Å². The second kappa shape index (κ2) is 9.81. The number of hydrogen-bond acceptors (Lipinski definition) is 3. The molecule has 1 unspecified atom stereocenters. The maximum absolute atomic E-state index is 5.34. The van der Waals surface area contributed by atoms with E-state index in [-0.39, 0.29) is 12.4 Å². The summed E-state index contributed by atoms with van der Waals surface area (Å²) in [6.07, 6.45) is 10.3. The Morgan fingerprint density at radius 2 is 2.04 bits per heavy atom. The number of aromatic nitrogens is 1. The van der Waals surface area contributed by atoms with E-state index in [2.05, 4.69) is 39.6 Å². The largest absolute Gasteiger partial charge is 0.497 e. The first-order valence-corrected chi connectivity index (χ1v) is 10.4. The number of H-pyrrole nitrogens is 1. The van der Waals surface area contributed by atoms with Gasteiger partial charge in [0.25, 0.3) is 0 Å². The van der Waals surface area contributed by atoms with Crippen LogP contribution < -0.4 is 10.1 Å². The van der Waals surface area contributed by atoms with Crippen LogP contribution in [-0.4, -0.2) is 49.7 Å². The van der Waals surface area contributed by atoms with E-state index in [4.69, 9.17) is 4.74 Å². The van der Waals surface area contributed by atoms with E-state index in [1.54, 1.807) is 7.11 Å². The van der Waals surface area contributed by atoms with Gasteiger partial charge in [-0.15, -0.1) is 12.4 Å². The van der Waals surface area contributed by atoms with Crippen LogP contribution >= 0.6 is 12.4 Å². The summed E-state index contributed by atoms with van der Waals surface area (Å²) in [5.41, 5.74) is 2.69. The standard InChI is InChI=1S/C22H33N3O.ClH/c1-26-19-6-7-20-21(16-24-22(20)14-19)18-8-12-25(13-9-18)11-3-5-17-4-2-10-23-15-17;/h6-7,14,16-18,23-24H,2-5,8-13,15H2,1H3;1H. The summed E-state index contributed by atoms with van der Waals surface area (Å²) in [4.78, 5) is 6.13. The normalized spacial score (nSPS) is 21.9. The first-order valence-electron chi connectivity index (χ1n) is 10.4. The second-order valence-corrected chi connectivity index (χ2v) is 8.13. The number of nitrogens with one attached hydrogen (secondary N) is 2. The van der Waals surface area contributed by atoms with Crippen LogP contribution in [0.4, 0.5) is 0 Å². The third-order valence-corrected chi connectivity index (χ3v) is 6.43. The molecule has 0 saturated carbocycles. The highest BCUT2D eigenvalue weighted by atomic mass is 35.5. The third-order valence-electron chi connectivity index (χ3n) is 6.43. The summed E-state index contributed by atoms with van der Waals surface area (Å²) in [6, 6.07) is 6.40. The maximum atomic E-state index is 5.34. The van der Waals surface area contributed by atoms with Crippen molar-refractivity contribution in [3.8, 4) is 5.75 Å². The monoisotopic (exact) mass is 391 g/mol. The number of likely N-dealkylation sites (tertiary alicyclic amines) is 1. The highest BCUT2D eigenvalue weighted by Gasteiger charge is 2.23. The fourth-order valence-corrected chi connectivity index (χ4v) is 4.83. The topological polar surface area (TPSA) is 40.3 Å². The lowest BCUT2D eigenvalue weighted by atomic mass is 9.89. The van der Waals surface area contributed by atoms with Gasteiger partial charge in [-0.2, -0.15) is 0 Å². The lowest BCUT2D eigenvalue weighted by molar-refractivity contribution is 0.202. The molecule has 2 N–H and O–H groups in total. The molecule has 4 rings (SSSR count). The summed E-state index contributed by atoms with van der Waals surface area (Å²) in [5.74, 6) is 2.54. The van der Waals surface area contributed by atoms with Crippen LogP contribution in [0.15, 0.2) is 24.4 Å². The summed E-state index contributed by atoms with van der Waals surface area (Å²) < 4.78 is 5.34. The summed E-state index contributed by atoms with van der Waals surface area (Å²) >= 11 is 0. The van der Waals surface area contributed by atoms with Crippen LogP contribution in [0.1, 0.15) is 50.0 Å². The minimum atomic E-state index is 0. The quantitative estimate of drug-likeness (QED) is 0.758. The van der Waals surface area contributed by atoms with Crippen molar-refractivity contribution in [2.45, 2.75) is 44.4 Å². The summed E-state index contributed by atoms with van der Waals surface area (Å²) in [7, 11) is 1.73. The molecule has 2 aromatic rings. The van der Waals surface area contributed by atoms with Gasteiger partial charge in [-0.25, -0.2) is 0 Å². The van der Waals surface area contributed by atoms with E-state index in [0.29, 0.717) is 5.92 Å². The van der Waals surface area contributed by atoms with Crippen molar-refractivity contribution in [1.82, 2.24) is 15.2 Å². The molecule has 1 aromatic carbocycles. The Morgan fingerprint density at radius 1 is 1.19 bits per heavy atom. The average Bonchev–Trinajstić information content (AvgIpc) is 3.12. The van der Waals surface area contributed by atoms with E-state index in [9.17, 15) is 0 Å². The predicted octanol–water partition coefficient (Wildman–Crippen LogP) is 4.56. The van der Waals surface area contributed by atoms with Crippen LogP contribution in [0.25, 0.3) is 10.9 Å². The number of methoxy groups -OCH3 is 1. The molecule has 5 heteroatoms. The van der Waals surface area contributed by atoms with Crippen LogP contribution in [0, 0.1) is 5.92 Å². The lowest BCUT2D eigenvalue weighted by Gasteiger charge is -2.32. The van der Waals surface area contributed by atoms with Gasteiger partial charge in [0.15, 0.2) is 0 Å². The minimum Gasteiger partial charge on any atom is -0.497 e. The van der Waals surface area contributed by atoms with Crippen molar-refractivity contribution >= 4 is 23.3 Å². The molecule has 4 nitrogen and oxygen atoms in total. The van der Waals surface area contributed by atoms with E-state index in [0.717, 1.165) is 11.7 Å². The van der Waals surface area contributed by atoms with Crippen molar-refractivity contribution in [2.24, 2.45) is 5.92 Å².